The number of piperazine rings is 1. The Kier molecular flexibility index (Phi) is 2.33. The Labute approximate surface area is 98.8 Å². The molecule has 2 N–H and O–H groups in total. The topological polar surface area (TPSA) is 61.4 Å². The normalized spacial score (nSPS) is 23.5. The van der Waals surface area contributed by atoms with Crippen LogP contribution in [-0.2, 0) is 4.79 Å². The molecule has 1 atom stereocenters. The molecule has 2 amide bonds. The molecule has 1 aromatic rings. The standard InChI is InChI=1S/C12H13N3O2/c16-11-10-7-13-5-6-15(10)12(17)8-3-1-2-4-9(8)14-11/h1-4,10,13H,5-7H2,(H,14,16)/t10-/m1/s1. The van der Waals surface area contributed by atoms with Crippen molar-refractivity contribution in [2.24, 2.45) is 0 Å². The molecule has 0 bridgehead atoms. The van der Waals surface area contributed by atoms with Gasteiger partial charge < -0.3 is 15.5 Å². The summed E-state index contributed by atoms with van der Waals surface area (Å²) in [6.07, 6.45) is 0. The zero-order valence-electron chi connectivity index (χ0n) is 9.27. The first kappa shape index (κ1) is 10.3. The molecule has 0 spiro atoms. The van der Waals surface area contributed by atoms with Gasteiger partial charge in [-0.05, 0) is 12.1 Å². The zero-order valence-corrected chi connectivity index (χ0v) is 9.27. The lowest BCUT2D eigenvalue weighted by Gasteiger charge is -2.33. The van der Waals surface area contributed by atoms with E-state index >= 15 is 0 Å². The summed E-state index contributed by atoms with van der Waals surface area (Å²) in [6, 6.07) is 6.74. The number of anilines is 1. The highest BCUT2D eigenvalue weighted by Gasteiger charge is 2.36. The molecule has 0 radical (unpaired) electrons. The predicted octanol–water partition coefficient (Wildman–Crippen LogP) is 0.0527. The van der Waals surface area contributed by atoms with E-state index in [0.717, 1.165) is 6.54 Å². The predicted molar refractivity (Wildman–Crippen MR) is 62.8 cm³/mol. The molecule has 1 saturated heterocycles. The molecule has 0 aliphatic carbocycles. The molecular formula is C12H13N3O2. The van der Waals surface area contributed by atoms with Crippen molar-refractivity contribution in [3.63, 3.8) is 0 Å². The molecule has 5 heteroatoms. The first-order valence-corrected chi connectivity index (χ1v) is 5.69. The van der Waals surface area contributed by atoms with Crippen molar-refractivity contribution in [2.75, 3.05) is 25.0 Å². The summed E-state index contributed by atoms with van der Waals surface area (Å²) in [5.74, 6) is -0.180. The molecule has 1 aromatic carbocycles. The van der Waals surface area contributed by atoms with Gasteiger partial charge >= 0.3 is 0 Å². The summed E-state index contributed by atoms with van der Waals surface area (Å²) in [7, 11) is 0. The van der Waals surface area contributed by atoms with Gasteiger partial charge in [0.1, 0.15) is 6.04 Å². The Bertz CT molecular complexity index is 486. The average Bonchev–Trinajstić information content (AvgIpc) is 2.48. The molecule has 2 aliphatic rings. The number of para-hydroxylation sites is 1. The van der Waals surface area contributed by atoms with Gasteiger partial charge in [-0.1, -0.05) is 12.1 Å². The Morgan fingerprint density at radius 1 is 1.24 bits per heavy atom. The molecule has 0 saturated carbocycles. The molecule has 2 heterocycles. The first-order valence-electron chi connectivity index (χ1n) is 5.69. The van der Waals surface area contributed by atoms with Gasteiger partial charge in [0.05, 0.1) is 11.3 Å². The van der Waals surface area contributed by atoms with Gasteiger partial charge in [-0.15, -0.1) is 0 Å². The number of fused-ring (bicyclic) bond motifs is 2. The Morgan fingerprint density at radius 3 is 2.94 bits per heavy atom. The number of rotatable bonds is 0. The number of hydrogen-bond donors (Lipinski definition) is 2. The summed E-state index contributed by atoms with van der Waals surface area (Å²) >= 11 is 0. The van der Waals surface area contributed by atoms with E-state index in [-0.39, 0.29) is 11.8 Å². The molecule has 0 unspecified atom stereocenters. The van der Waals surface area contributed by atoms with Crippen LogP contribution in [0.4, 0.5) is 5.69 Å². The molecule has 88 valence electrons. The van der Waals surface area contributed by atoms with Crippen LogP contribution in [0.25, 0.3) is 0 Å². The van der Waals surface area contributed by atoms with E-state index < -0.39 is 6.04 Å². The number of carbonyl (C=O) groups is 2. The lowest BCUT2D eigenvalue weighted by molar-refractivity contribution is -0.120. The van der Waals surface area contributed by atoms with Crippen LogP contribution < -0.4 is 10.6 Å². The van der Waals surface area contributed by atoms with E-state index in [0.29, 0.717) is 24.3 Å². The fraction of sp³-hybridized carbons (Fsp3) is 0.333. The van der Waals surface area contributed by atoms with Gasteiger partial charge in [0, 0.05) is 19.6 Å². The third-order valence-corrected chi connectivity index (χ3v) is 3.22. The van der Waals surface area contributed by atoms with Crippen LogP contribution in [0.5, 0.6) is 0 Å². The second-order valence-corrected chi connectivity index (χ2v) is 4.25. The Balaban J connectivity index is 2.07. The van der Waals surface area contributed by atoms with Crippen molar-refractivity contribution >= 4 is 17.5 Å². The van der Waals surface area contributed by atoms with E-state index in [1.807, 2.05) is 12.1 Å². The molecule has 2 aliphatic heterocycles. The monoisotopic (exact) mass is 231 g/mol. The number of nitrogens with one attached hydrogen (secondary N) is 2. The molecule has 17 heavy (non-hydrogen) atoms. The third-order valence-electron chi connectivity index (χ3n) is 3.22. The smallest absolute Gasteiger partial charge is 0.256 e. The summed E-state index contributed by atoms with van der Waals surface area (Å²) < 4.78 is 0. The minimum atomic E-state index is -0.399. The van der Waals surface area contributed by atoms with Crippen LogP contribution in [0, 0.1) is 0 Å². The maximum Gasteiger partial charge on any atom is 0.256 e. The summed E-state index contributed by atoms with van der Waals surface area (Å²) in [5.41, 5.74) is 1.18. The second-order valence-electron chi connectivity index (χ2n) is 4.25. The molecule has 0 aromatic heterocycles. The average molecular weight is 231 g/mol. The van der Waals surface area contributed by atoms with Gasteiger partial charge in [0.2, 0.25) is 5.91 Å². The van der Waals surface area contributed by atoms with Gasteiger partial charge in [-0.2, -0.15) is 0 Å². The van der Waals surface area contributed by atoms with Crippen LogP contribution in [0.1, 0.15) is 10.4 Å². The van der Waals surface area contributed by atoms with Crippen molar-refractivity contribution in [3.8, 4) is 0 Å². The van der Waals surface area contributed by atoms with Gasteiger partial charge in [0.15, 0.2) is 0 Å². The molecule has 3 rings (SSSR count). The van der Waals surface area contributed by atoms with Crippen LogP contribution in [0.3, 0.4) is 0 Å². The fourth-order valence-corrected chi connectivity index (χ4v) is 2.33. The van der Waals surface area contributed by atoms with Crippen molar-refractivity contribution in [3.05, 3.63) is 29.8 Å². The second kappa shape index (κ2) is 3.85. The number of benzene rings is 1. The maximum absolute atomic E-state index is 12.3. The molecular weight excluding hydrogens is 218 g/mol. The number of carbonyl (C=O) groups excluding carboxylic acids is 2. The lowest BCUT2D eigenvalue weighted by atomic mass is 10.1. The number of hydrogen-bond acceptors (Lipinski definition) is 3. The maximum atomic E-state index is 12.3. The number of amides is 2. The van der Waals surface area contributed by atoms with Crippen molar-refractivity contribution in [1.82, 2.24) is 10.2 Å². The van der Waals surface area contributed by atoms with Gasteiger partial charge in [-0.25, -0.2) is 0 Å². The summed E-state index contributed by atoms with van der Waals surface area (Å²) in [6.45, 7) is 1.83. The van der Waals surface area contributed by atoms with Crippen LogP contribution in [0.15, 0.2) is 24.3 Å². The minimum absolute atomic E-state index is 0.0644. The SMILES string of the molecule is O=C1Nc2ccccc2C(=O)N2CCNC[C@H]12. The van der Waals surface area contributed by atoms with Gasteiger partial charge in [-0.3, -0.25) is 9.59 Å². The zero-order chi connectivity index (χ0) is 11.8. The van der Waals surface area contributed by atoms with E-state index in [2.05, 4.69) is 10.6 Å². The lowest BCUT2D eigenvalue weighted by Crippen LogP contribution is -2.57. The van der Waals surface area contributed by atoms with Crippen LogP contribution in [0.2, 0.25) is 0 Å². The van der Waals surface area contributed by atoms with Crippen molar-refractivity contribution in [2.45, 2.75) is 6.04 Å². The summed E-state index contributed by atoms with van der Waals surface area (Å²) in [4.78, 5) is 26.0. The first-order chi connectivity index (χ1) is 8.27. The van der Waals surface area contributed by atoms with E-state index in [1.54, 1.807) is 17.0 Å². The quantitative estimate of drug-likeness (QED) is 0.663. The Hall–Kier alpha value is -1.88. The third kappa shape index (κ3) is 1.59. The highest BCUT2D eigenvalue weighted by Crippen LogP contribution is 2.23. The Morgan fingerprint density at radius 2 is 2.06 bits per heavy atom. The minimum Gasteiger partial charge on any atom is -0.324 e. The fourth-order valence-electron chi connectivity index (χ4n) is 2.33. The van der Waals surface area contributed by atoms with E-state index in [4.69, 9.17) is 0 Å². The summed E-state index contributed by atoms with van der Waals surface area (Å²) in [5, 5.41) is 5.95. The van der Waals surface area contributed by atoms with Crippen molar-refractivity contribution in [1.29, 1.82) is 0 Å². The molecule has 1 fully saturated rings. The highest BCUT2D eigenvalue weighted by molar-refractivity contribution is 6.10. The van der Waals surface area contributed by atoms with E-state index in [9.17, 15) is 9.59 Å². The van der Waals surface area contributed by atoms with Crippen LogP contribution >= 0.6 is 0 Å². The highest BCUT2D eigenvalue weighted by atomic mass is 16.2. The largest absolute Gasteiger partial charge is 0.324 e. The number of nitrogens with zero attached hydrogens (tertiary/aromatic N) is 1. The van der Waals surface area contributed by atoms with Crippen LogP contribution in [-0.4, -0.2) is 42.4 Å². The van der Waals surface area contributed by atoms with E-state index in [1.165, 1.54) is 0 Å². The van der Waals surface area contributed by atoms with Crippen molar-refractivity contribution < 1.29 is 9.59 Å². The molecule has 5 nitrogen and oxygen atoms in total. The van der Waals surface area contributed by atoms with Gasteiger partial charge in [0.25, 0.3) is 5.91 Å².